The second kappa shape index (κ2) is 10.2. The lowest BCUT2D eigenvalue weighted by Crippen LogP contribution is -2.36. The lowest BCUT2D eigenvalue weighted by molar-refractivity contribution is -0.119. The number of nitrogens with zero attached hydrogens (tertiary/aromatic N) is 1. The van der Waals surface area contributed by atoms with Crippen LogP contribution in [-0.2, 0) is 4.79 Å². The molecule has 4 N–H and O–H groups in total. The Balaban J connectivity index is 1.76. The standard InChI is InChI=1S/C18H22N2O3S2/c19-18(23)13-20(9-11-24-16-5-1-14(21)2-6-16)10-12-25-17-7-3-15(22)4-8-17/h1-8,21-22H,9-13H2,(H2,19,23). The Morgan fingerprint density at radius 3 is 1.60 bits per heavy atom. The van der Waals surface area contributed by atoms with Crippen molar-refractivity contribution < 1.29 is 15.0 Å². The fourth-order valence-electron chi connectivity index (χ4n) is 2.16. The predicted octanol–water partition coefficient (Wildman–Crippen LogP) is 2.77. The van der Waals surface area contributed by atoms with Crippen LogP contribution in [0.25, 0.3) is 0 Å². The number of hydrogen-bond donors (Lipinski definition) is 3. The number of benzene rings is 2. The maximum atomic E-state index is 11.3. The molecule has 0 aromatic heterocycles. The Bertz CT molecular complexity index is 612. The number of aromatic hydroxyl groups is 2. The van der Waals surface area contributed by atoms with Gasteiger partial charge in [-0.15, -0.1) is 23.5 Å². The molecule has 2 aromatic rings. The second-order valence-electron chi connectivity index (χ2n) is 5.43. The Labute approximate surface area is 156 Å². The first-order chi connectivity index (χ1) is 12.0. The summed E-state index contributed by atoms with van der Waals surface area (Å²) in [6.45, 7) is 1.75. The first-order valence-electron chi connectivity index (χ1n) is 7.87. The van der Waals surface area contributed by atoms with Crippen molar-refractivity contribution >= 4 is 29.4 Å². The van der Waals surface area contributed by atoms with E-state index in [0.717, 1.165) is 34.4 Å². The molecule has 0 spiro atoms. The highest BCUT2D eigenvalue weighted by molar-refractivity contribution is 7.99. The molecule has 0 fully saturated rings. The minimum atomic E-state index is -0.329. The summed E-state index contributed by atoms with van der Waals surface area (Å²) in [4.78, 5) is 15.5. The number of thioether (sulfide) groups is 2. The van der Waals surface area contributed by atoms with Gasteiger partial charge in [-0.3, -0.25) is 9.69 Å². The average molecular weight is 379 g/mol. The minimum absolute atomic E-state index is 0.242. The van der Waals surface area contributed by atoms with Gasteiger partial charge in [0.2, 0.25) is 5.91 Å². The number of primary amides is 1. The summed E-state index contributed by atoms with van der Waals surface area (Å²) in [5.74, 6) is 1.85. The zero-order chi connectivity index (χ0) is 18.1. The number of hydrogen-bond acceptors (Lipinski definition) is 6. The van der Waals surface area contributed by atoms with Crippen molar-refractivity contribution in [1.82, 2.24) is 4.90 Å². The lowest BCUT2D eigenvalue weighted by Gasteiger charge is -2.20. The maximum Gasteiger partial charge on any atom is 0.231 e. The maximum absolute atomic E-state index is 11.3. The summed E-state index contributed by atoms with van der Waals surface area (Å²) in [5, 5.41) is 18.6. The second-order valence-corrected chi connectivity index (χ2v) is 7.76. The molecule has 5 nitrogen and oxygen atoms in total. The van der Waals surface area contributed by atoms with Crippen LogP contribution in [0.15, 0.2) is 58.3 Å². The van der Waals surface area contributed by atoms with Crippen LogP contribution in [0.2, 0.25) is 0 Å². The van der Waals surface area contributed by atoms with E-state index in [9.17, 15) is 15.0 Å². The van der Waals surface area contributed by atoms with Crippen LogP contribution < -0.4 is 5.73 Å². The third kappa shape index (κ3) is 7.72. The number of nitrogens with two attached hydrogens (primary N) is 1. The molecule has 0 unspecified atom stereocenters. The first-order valence-corrected chi connectivity index (χ1v) is 9.84. The number of carbonyl (C=O) groups is 1. The smallest absolute Gasteiger partial charge is 0.231 e. The summed E-state index contributed by atoms with van der Waals surface area (Å²) in [5.41, 5.74) is 5.34. The quantitative estimate of drug-likeness (QED) is 0.551. The number of phenols is 2. The largest absolute Gasteiger partial charge is 0.508 e. The highest BCUT2D eigenvalue weighted by Crippen LogP contribution is 2.22. The molecule has 0 aliphatic heterocycles. The molecule has 0 saturated heterocycles. The van der Waals surface area contributed by atoms with Crippen LogP contribution in [0.5, 0.6) is 11.5 Å². The fourth-order valence-corrected chi connectivity index (χ4v) is 3.99. The van der Waals surface area contributed by atoms with Gasteiger partial charge < -0.3 is 15.9 Å². The van der Waals surface area contributed by atoms with Gasteiger partial charge in [0.1, 0.15) is 11.5 Å². The molecule has 0 heterocycles. The molecule has 25 heavy (non-hydrogen) atoms. The highest BCUT2D eigenvalue weighted by atomic mass is 32.2. The molecule has 0 atom stereocenters. The summed E-state index contributed by atoms with van der Waals surface area (Å²) in [7, 11) is 0. The number of amides is 1. The third-order valence-corrected chi connectivity index (χ3v) is 5.39. The summed E-state index contributed by atoms with van der Waals surface area (Å²) in [6, 6.07) is 14.2. The molecule has 134 valence electrons. The van der Waals surface area contributed by atoms with Gasteiger partial charge >= 0.3 is 0 Å². The number of carbonyl (C=O) groups excluding carboxylic acids is 1. The van der Waals surface area contributed by atoms with E-state index in [2.05, 4.69) is 0 Å². The Morgan fingerprint density at radius 2 is 1.24 bits per heavy atom. The van der Waals surface area contributed by atoms with Crippen molar-refractivity contribution in [2.75, 3.05) is 31.1 Å². The SMILES string of the molecule is NC(=O)CN(CCSc1ccc(O)cc1)CCSc1ccc(O)cc1. The Kier molecular flexibility index (Phi) is 7.97. The van der Waals surface area contributed by atoms with E-state index in [4.69, 9.17) is 5.73 Å². The molecule has 2 aromatic carbocycles. The third-order valence-electron chi connectivity index (χ3n) is 3.41. The van der Waals surface area contributed by atoms with Crippen LogP contribution in [-0.4, -0.2) is 52.2 Å². The van der Waals surface area contributed by atoms with Gasteiger partial charge in [0.05, 0.1) is 6.54 Å². The normalized spacial score (nSPS) is 10.9. The van der Waals surface area contributed by atoms with Crippen LogP contribution in [0.3, 0.4) is 0 Å². The zero-order valence-corrected chi connectivity index (χ0v) is 15.4. The van der Waals surface area contributed by atoms with Crippen molar-refractivity contribution in [2.24, 2.45) is 5.73 Å². The summed E-state index contributed by atoms with van der Waals surface area (Å²) in [6.07, 6.45) is 0. The van der Waals surface area contributed by atoms with Gasteiger partial charge in [-0.05, 0) is 48.5 Å². The molecular formula is C18H22N2O3S2. The average Bonchev–Trinajstić information content (AvgIpc) is 2.58. The monoisotopic (exact) mass is 378 g/mol. The van der Waals surface area contributed by atoms with E-state index in [1.165, 1.54) is 0 Å². The van der Waals surface area contributed by atoms with Crippen LogP contribution in [0.1, 0.15) is 0 Å². The van der Waals surface area contributed by atoms with Crippen molar-refractivity contribution in [3.63, 3.8) is 0 Å². The van der Waals surface area contributed by atoms with E-state index in [0.29, 0.717) is 0 Å². The van der Waals surface area contributed by atoms with Crippen molar-refractivity contribution in [3.8, 4) is 11.5 Å². The molecule has 0 radical (unpaired) electrons. The Hall–Kier alpha value is -1.83. The van der Waals surface area contributed by atoms with E-state index in [1.54, 1.807) is 47.8 Å². The minimum Gasteiger partial charge on any atom is -0.508 e. The fraction of sp³-hybridized carbons (Fsp3) is 0.278. The summed E-state index contributed by atoms with van der Waals surface area (Å²) < 4.78 is 0. The first kappa shape index (κ1) is 19.5. The van der Waals surface area contributed by atoms with Gasteiger partial charge in [-0.1, -0.05) is 0 Å². The van der Waals surface area contributed by atoms with Crippen molar-refractivity contribution in [3.05, 3.63) is 48.5 Å². The lowest BCUT2D eigenvalue weighted by atomic mass is 10.3. The molecular weight excluding hydrogens is 356 g/mol. The molecule has 0 aliphatic carbocycles. The van der Waals surface area contributed by atoms with Crippen LogP contribution in [0, 0.1) is 0 Å². The highest BCUT2D eigenvalue weighted by Gasteiger charge is 2.09. The zero-order valence-electron chi connectivity index (χ0n) is 13.8. The van der Waals surface area contributed by atoms with Gasteiger partial charge in [0.25, 0.3) is 0 Å². The van der Waals surface area contributed by atoms with Crippen molar-refractivity contribution in [1.29, 1.82) is 0 Å². The van der Waals surface area contributed by atoms with E-state index in [1.807, 2.05) is 29.2 Å². The van der Waals surface area contributed by atoms with E-state index in [-0.39, 0.29) is 24.0 Å². The Morgan fingerprint density at radius 1 is 0.840 bits per heavy atom. The molecule has 1 amide bonds. The van der Waals surface area contributed by atoms with Gasteiger partial charge in [0.15, 0.2) is 0 Å². The van der Waals surface area contributed by atoms with E-state index >= 15 is 0 Å². The van der Waals surface area contributed by atoms with Crippen molar-refractivity contribution in [2.45, 2.75) is 9.79 Å². The molecule has 0 saturated carbocycles. The number of phenolic OH excluding ortho intramolecular Hbond substituents is 2. The number of rotatable bonds is 10. The van der Waals surface area contributed by atoms with Crippen LogP contribution >= 0.6 is 23.5 Å². The van der Waals surface area contributed by atoms with Crippen LogP contribution in [0.4, 0.5) is 0 Å². The predicted molar refractivity (Wildman–Crippen MR) is 103 cm³/mol. The summed E-state index contributed by atoms with van der Waals surface area (Å²) >= 11 is 3.35. The van der Waals surface area contributed by atoms with Gasteiger partial charge in [0, 0.05) is 34.4 Å². The molecule has 7 heteroatoms. The van der Waals surface area contributed by atoms with Gasteiger partial charge in [-0.25, -0.2) is 0 Å². The van der Waals surface area contributed by atoms with Gasteiger partial charge in [-0.2, -0.15) is 0 Å². The van der Waals surface area contributed by atoms with E-state index < -0.39 is 0 Å². The molecule has 0 bridgehead atoms. The molecule has 0 aliphatic rings. The topological polar surface area (TPSA) is 86.8 Å². The molecule has 2 rings (SSSR count).